The number of rotatable bonds is 2. The Kier molecular flexibility index (Phi) is 3.26. The van der Waals surface area contributed by atoms with Crippen LogP contribution in [0.5, 0.6) is 5.75 Å². The van der Waals surface area contributed by atoms with E-state index in [4.69, 9.17) is 4.74 Å². The third-order valence-corrected chi connectivity index (χ3v) is 3.76. The largest absolute Gasteiger partial charge is 0.496 e. The monoisotopic (exact) mass is 253 g/mol. The maximum Gasteiger partial charge on any atom is 0.126 e. The summed E-state index contributed by atoms with van der Waals surface area (Å²) >= 11 is 0. The molecule has 98 valence electrons. The molecule has 0 atom stereocenters. The topological polar surface area (TPSA) is 21.3 Å². The molecular formula is C17H19NO. The molecule has 19 heavy (non-hydrogen) atoms. The van der Waals surface area contributed by atoms with E-state index in [-0.39, 0.29) is 0 Å². The SMILES string of the molecule is COc1ccc(C)cc1-c1ccc2c(c1)CCNC2. The summed E-state index contributed by atoms with van der Waals surface area (Å²) in [6.07, 6.45) is 1.11. The van der Waals surface area contributed by atoms with E-state index in [1.807, 2.05) is 6.07 Å². The van der Waals surface area contributed by atoms with Gasteiger partial charge in [-0.25, -0.2) is 0 Å². The molecule has 2 heteroatoms. The summed E-state index contributed by atoms with van der Waals surface area (Å²) in [6, 6.07) is 13.1. The maximum atomic E-state index is 5.49. The van der Waals surface area contributed by atoms with Crippen LogP contribution in [0, 0.1) is 6.92 Å². The Morgan fingerprint density at radius 1 is 1.05 bits per heavy atom. The van der Waals surface area contributed by atoms with Gasteiger partial charge >= 0.3 is 0 Å². The molecule has 0 amide bonds. The molecule has 0 saturated carbocycles. The Labute approximate surface area is 114 Å². The van der Waals surface area contributed by atoms with Gasteiger partial charge in [-0.05, 0) is 48.7 Å². The van der Waals surface area contributed by atoms with E-state index in [1.165, 1.54) is 27.8 Å². The molecule has 0 bridgehead atoms. The summed E-state index contributed by atoms with van der Waals surface area (Å²) in [5.74, 6) is 0.944. The lowest BCUT2D eigenvalue weighted by Crippen LogP contribution is -2.23. The summed E-state index contributed by atoms with van der Waals surface area (Å²) in [6.45, 7) is 4.17. The molecule has 3 rings (SSSR count). The van der Waals surface area contributed by atoms with Crippen molar-refractivity contribution in [2.24, 2.45) is 0 Å². The summed E-state index contributed by atoms with van der Waals surface area (Å²) in [5.41, 5.74) is 6.57. The molecule has 2 aromatic rings. The Hall–Kier alpha value is -1.80. The Bertz CT molecular complexity index is 604. The van der Waals surface area contributed by atoms with Crippen molar-refractivity contribution in [3.05, 3.63) is 53.1 Å². The highest BCUT2D eigenvalue weighted by Gasteiger charge is 2.12. The molecule has 0 spiro atoms. The number of benzene rings is 2. The van der Waals surface area contributed by atoms with Crippen molar-refractivity contribution in [2.45, 2.75) is 19.9 Å². The van der Waals surface area contributed by atoms with Gasteiger partial charge in [-0.3, -0.25) is 0 Å². The highest BCUT2D eigenvalue weighted by molar-refractivity contribution is 5.72. The predicted molar refractivity (Wildman–Crippen MR) is 78.6 cm³/mol. The summed E-state index contributed by atoms with van der Waals surface area (Å²) < 4.78 is 5.49. The van der Waals surface area contributed by atoms with Gasteiger partial charge in [0.05, 0.1) is 7.11 Å². The molecular weight excluding hydrogens is 234 g/mol. The molecule has 0 aromatic heterocycles. The third kappa shape index (κ3) is 2.36. The van der Waals surface area contributed by atoms with Gasteiger partial charge in [0, 0.05) is 12.1 Å². The van der Waals surface area contributed by atoms with Crippen LogP contribution in [0.2, 0.25) is 0 Å². The minimum absolute atomic E-state index is 0.944. The lowest BCUT2D eigenvalue weighted by molar-refractivity contribution is 0.416. The highest BCUT2D eigenvalue weighted by Crippen LogP contribution is 2.32. The van der Waals surface area contributed by atoms with Crippen LogP contribution in [0.25, 0.3) is 11.1 Å². The van der Waals surface area contributed by atoms with Crippen molar-refractivity contribution in [3.63, 3.8) is 0 Å². The van der Waals surface area contributed by atoms with Crippen LogP contribution in [0.1, 0.15) is 16.7 Å². The fraction of sp³-hybridized carbons (Fsp3) is 0.294. The van der Waals surface area contributed by atoms with E-state index < -0.39 is 0 Å². The lowest BCUT2D eigenvalue weighted by atomic mass is 9.94. The van der Waals surface area contributed by atoms with Crippen LogP contribution in [0.15, 0.2) is 36.4 Å². The Morgan fingerprint density at radius 2 is 1.95 bits per heavy atom. The van der Waals surface area contributed by atoms with Gasteiger partial charge in [-0.2, -0.15) is 0 Å². The first kappa shape index (κ1) is 12.2. The van der Waals surface area contributed by atoms with Gasteiger partial charge in [0.1, 0.15) is 5.75 Å². The number of methoxy groups -OCH3 is 1. The van der Waals surface area contributed by atoms with Crippen molar-refractivity contribution in [2.75, 3.05) is 13.7 Å². The van der Waals surface area contributed by atoms with Crippen molar-refractivity contribution < 1.29 is 4.74 Å². The van der Waals surface area contributed by atoms with Gasteiger partial charge < -0.3 is 10.1 Å². The predicted octanol–water partition coefficient (Wildman–Crippen LogP) is 3.32. The van der Waals surface area contributed by atoms with Crippen LogP contribution in [-0.2, 0) is 13.0 Å². The number of hydrogen-bond acceptors (Lipinski definition) is 2. The smallest absolute Gasteiger partial charge is 0.126 e. The van der Waals surface area contributed by atoms with Crippen LogP contribution < -0.4 is 10.1 Å². The van der Waals surface area contributed by atoms with Crippen molar-refractivity contribution in [1.82, 2.24) is 5.32 Å². The lowest BCUT2D eigenvalue weighted by Gasteiger charge is -2.18. The molecule has 0 radical (unpaired) electrons. The van der Waals surface area contributed by atoms with Crippen LogP contribution in [0.3, 0.4) is 0 Å². The van der Waals surface area contributed by atoms with Crippen LogP contribution in [-0.4, -0.2) is 13.7 Å². The molecule has 2 nitrogen and oxygen atoms in total. The average molecular weight is 253 g/mol. The molecule has 1 heterocycles. The zero-order valence-corrected chi connectivity index (χ0v) is 11.5. The van der Waals surface area contributed by atoms with Crippen LogP contribution >= 0.6 is 0 Å². The number of ether oxygens (including phenoxy) is 1. The fourth-order valence-electron chi connectivity index (χ4n) is 2.69. The van der Waals surface area contributed by atoms with Gasteiger partial charge in [0.15, 0.2) is 0 Å². The number of fused-ring (bicyclic) bond motifs is 1. The van der Waals surface area contributed by atoms with E-state index in [0.717, 1.165) is 25.3 Å². The first-order chi connectivity index (χ1) is 9.28. The molecule has 0 saturated heterocycles. The average Bonchev–Trinajstić information content (AvgIpc) is 2.46. The summed E-state index contributed by atoms with van der Waals surface area (Å²) in [5, 5.41) is 3.41. The summed E-state index contributed by atoms with van der Waals surface area (Å²) in [7, 11) is 1.73. The Balaban J connectivity index is 2.09. The first-order valence-corrected chi connectivity index (χ1v) is 6.75. The first-order valence-electron chi connectivity index (χ1n) is 6.75. The van der Waals surface area contributed by atoms with Crippen molar-refractivity contribution in [3.8, 4) is 16.9 Å². The zero-order valence-electron chi connectivity index (χ0n) is 11.5. The molecule has 2 aromatic carbocycles. The van der Waals surface area contributed by atoms with Gasteiger partial charge in [0.2, 0.25) is 0 Å². The number of nitrogens with one attached hydrogen (secondary N) is 1. The van der Waals surface area contributed by atoms with Crippen molar-refractivity contribution >= 4 is 0 Å². The van der Waals surface area contributed by atoms with E-state index >= 15 is 0 Å². The second-order valence-electron chi connectivity index (χ2n) is 5.11. The third-order valence-electron chi connectivity index (χ3n) is 3.76. The minimum Gasteiger partial charge on any atom is -0.496 e. The zero-order chi connectivity index (χ0) is 13.2. The van der Waals surface area contributed by atoms with Gasteiger partial charge in [-0.1, -0.05) is 29.8 Å². The Morgan fingerprint density at radius 3 is 2.79 bits per heavy atom. The second-order valence-corrected chi connectivity index (χ2v) is 5.11. The normalized spacial score (nSPS) is 14.0. The second kappa shape index (κ2) is 5.06. The highest BCUT2D eigenvalue weighted by atomic mass is 16.5. The molecule has 1 aliphatic heterocycles. The maximum absolute atomic E-state index is 5.49. The number of aryl methyl sites for hydroxylation is 1. The van der Waals surface area contributed by atoms with Gasteiger partial charge in [-0.15, -0.1) is 0 Å². The fourth-order valence-corrected chi connectivity index (χ4v) is 2.69. The molecule has 0 fully saturated rings. The molecule has 1 N–H and O–H groups in total. The molecule has 0 unspecified atom stereocenters. The van der Waals surface area contributed by atoms with E-state index in [9.17, 15) is 0 Å². The summed E-state index contributed by atoms with van der Waals surface area (Å²) in [4.78, 5) is 0. The molecule has 1 aliphatic rings. The quantitative estimate of drug-likeness (QED) is 0.886. The van der Waals surface area contributed by atoms with Crippen molar-refractivity contribution in [1.29, 1.82) is 0 Å². The van der Waals surface area contributed by atoms with Gasteiger partial charge in [0.25, 0.3) is 0 Å². The minimum atomic E-state index is 0.944. The van der Waals surface area contributed by atoms with E-state index in [0.29, 0.717) is 0 Å². The van der Waals surface area contributed by atoms with E-state index in [1.54, 1.807) is 7.11 Å². The van der Waals surface area contributed by atoms with E-state index in [2.05, 4.69) is 42.6 Å². The standard InChI is InChI=1S/C17H19NO/c1-12-3-6-17(19-2)16(9-12)14-4-5-15-11-18-8-7-13(15)10-14/h3-6,9-10,18H,7-8,11H2,1-2H3. The van der Waals surface area contributed by atoms with Crippen LogP contribution in [0.4, 0.5) is 0 Å². The number of hydrogen-bond donors (Lipinski definition) is 1. The molecule has 0 aliphatic carbocycles.